The van der Waals surface area contributed by atoms with E-state index in [2.05, 4.69) is 10.2 Å². The van der Waals surface area contributed by atoms with Gasteiger partial charge >= 0.3 is 0 Å². The van der Waals surface area contributed by atoms with Crippen LogP contribution in [0.2, 0.25) is 5.02 Å². The van der Waals surface area contributed by atoms with Gasteiger partial charge in [0.15, 0.2) is 0 Å². The Hall–Kier alpha value is -2.09. The SMILES string of the molecule is COc1ccc(Cl)cc1CN1CCN(C(=O)CNC(=O)c2ccsc2)CC1. The molecule has 1 aliphatic heterocycles. The zero-order valence-electron chi connectivity index (χ0n) is 15.1. The van der Waals surface area contributed by atoms with Crippen molar-refractivity contribution in [3.05, 3.63) is 51.2 Å². The summed E-state index contributed by atoms with van der Waals surface area (Å²) in [4.78, 5) is 28.3. The van der Waals surface area contributed by atoms with Crippen molar-refractivity contribution in [1.82, 2.24) is 15.1 Å². The Labute approximate surface area is 167 Å². The molecule has 2 aromatic rings. The molecular weight excluding hydrogens is 386 g/mol. The lowest BCUT2D eigenvalue weighted by atomic mass is 10.1. The minimum absolute atomic E-state index is 0.0246. The van der Waals surface area contributed by atoms with E-state index in [0.717, 1.165) is 30.9 Å². The zero-order chi connectivity index (χ0) is 19.2. The van der Waals surface area contributed by atoms with Gasteiger partial charge in [0.25, 0.3) is 5.91 Å². The first-order valence-corrected chi connectivity index (χ1v) is 10.0. The summed E-state index contributed by atoms with van der Waals surface area (Å²) in [6.45, 7) is 3.54. The first kappa shape index (κ1) is 19.7. The van der Waals surface area contributed by atoms with Gasteiger partial charge < -0.3 is 15.0 Å². The van der Waals surface area contributed by atoms with Crippen molar-refractivity contribution in [2.45, 2.75) is 6.54 Å². The number of ether oxygens (including phenoxy) is 1. The first-order valence-electron chi connectivity index (χ1n) is 8.70. The van der Waals surface area contributed by atoms with E-state index in [0.29, 0.717) is 23.7 Å². The largest absolute Gasteiger partial charge is 0.496 e. The van der Waals surface area contributed by atoms with Crippen molar-refractivity contribution in [1.29, 1.82) is 0 Å². The average Bonchev–Trinajstić information content (AvgIpc) is 3.21. The minimum Gasteiger partial charge on any atom is -0.496 e. The highest BCUT2D eigenvalue weighted by molar-refractivity contribution is 7.08. The number of carbonyl (C=O) groups excluding carboxylic acids is 2. The smallest absolute Gasteiger partial charge is 0.252 e. The quantitative estimate of drug-likeness (QED) is 0.799. The van der Waals surface area contributed by atoms with Crippen LogP contribution in [0, 0.1) is 0 Å². The molecule has 1 aromatic carbocycles. The Morgan fingerprint density at radius 1 is 1.22 bits per heavy atom. The van der Waals surface area contributed by atoms with Crippen LogP contribution in [0.4, 0.5) is 0 Å². The molecule has 1 fully saturated rings. The lowest BCUT2D eigenvalue weighted by Crippen LogP contribution is -2.50. The molecular formula is C19H22ClN3O3S. The molecule has 3 rings (SSSR count). The monoisotopic (exact) mass is 407 g/mol. The molecule has 1 saturated heterocycles. The Morgan fingerprint density at radius 3 is 2.67 bits per heavy atom. The van der Waals surface area contributed by atoms with Gasteiger partial charge in [-0.2, -0.15) is 11.3 Å². The van der Waals surface area contributed by atoms with E-state index < -0.39 is 0 Å². The fourth-order valence-electron chi connectivity index (χ4n) is 3.03. The van der Waals surface area contributed by atoms with Crippen LogP contribution in [0.15, 0.2) is 35.0 Å². The van der Waals surface area contributed by atoms with Gasteiger partial charge in [-0.1, -0.05) is 11.6 Å². The number of benzene rings is 1. The Kier molecular flexibility index (Phi) is 6.71. The van der Waals surface area contributed by atoms with E-state index in [9.17, 15) is 9.59 Å². The second-order valence-electron chi connectivity index (χ2n) is 6.31. The van der Waals surface area contributed by atoms with Gasteiger partial charge in [-0.15, -0.1) is 0 Å². The van der Waals surface area contributed by atoms with Crippen LogP contribution in [0.3, 0.4) is 0 Å². The molecule has 0 aliphatic carbocycles. The van der Waals surface area contributed by atoms with E-state index in [-0.39, 0.29) is 18.4 Å². The van der Waals surface area contributed by atoms with Gasteiger partial charge in [0.1, 0.15) is 5.75 Å². The van der Waals surface area contributed by atoms with Crippen LogP contribution >= 0.6 is 22.9 Å². The van der Waals surface area contributed by atoms with Gasteiger partial charge in [0, 0.05) is 54.3 Å². The Morgan fingerprint density at radius 2 is 2.00 bits per heavy atom. The molecule has 1 aromatic heterocycles. The highest BCUT2D eigenvalue weighted by atomic mass is 35.5. The highest BCUT2D eigenvalue weighted by Crippen LogP contribution is 2.24. The molecule has 2 amide bonds. The molecule has 0 bridgehead atoms. The number of nitrogens with one attached hydrogen (secondary N) is 1. The van der Waals surface area contributed by atoms with Crippen LogP contribution in [0.1, 0.15) is 15.9 Å². The maximum atomic E-state index is 12.3. The number of thiophene rings is 1. The number of rotatable bonds is 6. The lowest BCUT2D eigenvalue weighted by molar-refractivity contribution is -0.131. The van der Waals surface area contributed by atoms with E-state index in [1.165, 1.54) is 11.3 Å². The second kappa shape index (κ2) is 9.21. The van der Waals surface area contributed by atoms with Crippen molar-refractivity contribution < 1.29 is 14.3 Å². The molecule has 144 valence electrons. The number of hydrogen-bond donors (Lipinski definition) is 1. The predicted molar refractivity (Wildman–Crippen MR) is 107 cm³/mol. The molecule has 0 unspecified atom stereocenters. The van der Waals surface area contributed by atoms with Crippen molar-refractivity contribution in [2.24, 2.45) is 0 Å². The standard InChI is InChI=1S/C19H22ClN3O3S/c1-26-17-3-2-16(20)10-15(17)12-22-5-7-23(8-6-22)18(24)11-21-19(25)14-4-9-27-13-14/h2-4,9-10,13H,5-8,11-12H2,1H3,(H,21,25). The molecule has 0 saturated carbocycles. The summed E-state index contributed by atoms with van der Waals surface area (Å²) >= 11 is 7.55. The molecule has 2 heterocycles. The van der Waals surface area contributed by atoms with Gasteiger partial charge in [-0.25, -0.2) is 0 Å². The summed E-state index contributed by atoms with van der Waals surface area (Å²) in [5, 5.41) is 6.97. The molecule has 0 spiro atoms. The van der Waals surface area contributed by atoms with Crippen LogP contribution in [0.25, 0.3) is 0 Å². The second-order valence-corrected chi connectivity index (χ2v) is 7.52. The summed E-state index contributed by atoms with van der Waals surface area (Å²) in [6.07, 6.45) is 0. The molecule has 1 aliphatic rings. The number of piperazine rings is 1. The van der Waals surface area contributed by atoms with Crippen molar-refractivity contribution in [3.63, 3.8) is 0 Å². The van der Waals surface area contributed by atoms with E-state index in [1.54, 1.807) is 23.5 Å². The number of amides is 2. The van der Waals surface area contributed by atoms with Gasteiger partial charge in [0.2, 0.25) is 5.91 Å². The molecule has 27 heavy (non-hydrogen) atoms. The van der Waals surface area contributed by atoms with Crippen molar-refractivity contribution >= 4 is 34.8 Å². The summed E-state index contributed by atoms with van der Waals surface area (Å²) in [6, 6.07) is 7.34. The number of methoxy groups -OCH3 is 1. The fraction of sp³-hybridized carbons (Fsp3) is 0.368. The normalized spacial score (nSPS) is 14.8. The first-order chi connectivity index (χ1) is 13.1. The number of nitrogens with zero attached hydrogens (tertiary/aromatic N) is 2. The van der Waals surface area contributed by atoms with Gasteiger partial charge in [0.05, 0.1) is 13.7 Å². The van der Waals surface area contributed by atoms with Crippen LogP contribution in [0.5, 0.6) is 5.75 Å². The molecule has 0 atom stereocenters. The third kappa shape index (κ3) is 5.22. The summed E-state index contributed by atoms with van der Waals surface area (Å²) in [5.41, 5.74) is 1.63. The maximum absolute atomic E-state index is 12.3. The predicted octanol–water partition coefficient (Wildman–Crippen LogP) is 2.48. The maximum Gasteiger partial charge on any atom is 0.252 e. The zero-order valence-corrected chi connectivity index (χ0v) is 16.7. The summed E-state index contributed by atoms with van der Waals surface area (Å²) in [5.74, 6) is 0.545. The third-order valence-electron chi connectivity index (χ3n) is 4.54. The topological polar surface area (TPSA) is 61.9 Å². The number of hydrogen-bond acceptors (Lipinski definition) is 5. The molecule has 1 N–H and O–H groups in total. The molecule has 8 heteroatoms. The third-order valence-corrected chi connectivity index (χ3v) is 5.46. The summed E-state index contributed by atoms with van der Waals surface area (Å²) < 4.78 is 5.40. The number of halogens is 1. The lowest BCUT2D eigenvalue weighted by Gasteiger charge is -2.35. The van der Waals surface area contributed by atoms with Crippen LogP contribution < -0.4 is 10.1 Å². The molecule has 0 radical (unpaired) electrons. The van der Waals surface area contributed by atoms with Crippen LogP contribution in [-0.2, 0) is 11.3 Å². The average molecular weight is 408 g/mol. The Bertz CT molecular complexity index is 790. The fourth-order valence-corrected chi connectivity index (χ4v) is 3.86. The van der Waals surface area contributed by atoms with Gasteiger partial charge in [-0.3, -0.25) is 14.5 Å². The van der Waals surface area contributed by atoms with E-state index in [1.807, 2.05) is 23.6 Å². The summed E-state index contributed by atoms with van der Waals surface area (Å²) in [7, 11) is 1.65. The van der Waals surface area contributed by atoms with E-state index in [4.69, 9.17) is 16.3 Å². The van der Waals surface area contributed by atoms with E-state index >= 15 is 0 Å². The van der Waals surface area contributed by atoms with Crippen LogP contribution in [-0.4, -0.2) is 61.4 Å². The van der Waals surface area contributed by atoms with Crippen molar-refractivity contribution in [2.75, 3.05) is 39.8 Å². The number of carbonyl (C=O) groups is 2. The molecule has 6 nitrogen and oxygen atoms in total. The highest BCUT2D eigenvalue weighted by Gasteiger charge is 2.22. The van der Waals surface area contributed by atoms with Gasteiger partial charge in [-0.05, 0) is 29.6 Å². The minimum atomic E-state index is -0.212. The van der Waals surface area contributed by atoms with Crippen molar-refractivity contribution in [3.8, 4) is 5.75 Å². The Balaban J connectivity index is 1.46.